The van der Waals surface area contributed by atoms with E-state index in [2.05, 4.69) is 16.1 Å². The Balaban J connectivity index is 2.34. The Hall–Kier alpha value is -2.07. The highest BCUT2D eigenvalue weighted by Crippen LogP contribution is 2.26. The molecule has 2 aromatic rings. The van der Waals surface area contributed by atoms with E-state index in [0.29, 0.717) is 21.8 Å². The molecule has 0 saturated heterocycles. The molecule has 0 aromatic heterocycles. The van der Waals surface area contributed by atoms with Gasteiger partial charge in [0.15, 0.2) is 0 Å². The van der Waals surface area contributed by atoms with Gasteiger partial charge in [0.25, 0.3) is 0 Å². The first-order valence-electron chi connectivity index (χ1n) is 6.43. The molecule has 114 valence electrons. The molecule has 0 radical (unpaired) electrons. The van der Waals surface area contributed by atoms with E-state index in [9.17, 15) is 8.42 Å². The topological polar surface area (TPSA) is 82.0 Å². The maximum absolute atomic E-state index is 12.0. The third-order valence-electron chi connectivity index (χ3n) is 3.12. The number of hydrogen-bond donors (Lipinski definition) is 2. The minimum Gasteiger partial charge on any atom is -0.379 e. The molecule has 0 saturated carbocycles. The summed E-state index contributed by atoms with van der Waals surface area (Å²) >= 11 is 6.09. The minimum atomic E-state index is -3.55. The van der Waals surface area contributed by atoms with Gasteiger partial charge in [-0.3, -0.25) is 0 Å². The van der Waals surface area contributed by atoms with E-state index >= 15 is 0 Å². The van der Waals surface area contributed by atoms with Crippen molar-refractivity contribution >= 4 is 27.3 Å². The average Bonchev–Trinajstić information content (AvgIpc) is 2.53. The van der Waals surface area contributed by atoms with Crippen molar-refractivity contribution < 1.29 is 8.42 Å². The van der Waals surface area contributed by atoms with Gasteiger partial charge >= 0.3 is 0 Å². The summed E-state index contributed by atoms with van der Waals surface area (Å²) in [6.07, 6.45) is 0. The highest BCUT2D eigenvalue weighted by Gasteiger charge is 2.16. The van der Waals surface area contributed by atoms with Crippen LogP contribution in [0.2, 0.25) is 5.02 Å². The quantitative estimate of drug-likeness (QED) is 0.880. The number of anilines is 1. The van der Waals surface area contributed by atoms with Gasteiger partial charge in [-0.2, -0.15) is 5.26 Å². The first-order valence-corrected chi connectivity index (χ1v) is 8.29. The fourth-order valence-electron chi connectivity index (χ4n) is 2.00. The lowest BCUT2D eigenvalue weighted by molar-refractivity contribution is 0.587. The number of nitrogens with one attached hydrogen (secondary N) is 2. The summed E-state index contributed by atoms with van der Waals surface area (Å²) in [7, 11) is -2.18. The van der Waals surface area contributed by atoms with Gasteiger partial charge in [0.05, 0.1) is 21.2 Å². The molecule has 0 unspecified atom stereocenters. The Labute approximate surface area is 134 Å². The second-order valence-corrected chi connectivity index (χ2v) is 6.71. The van der Waals surface area contributed by atoms with Crippen molar-refractivity contribution in [1.29, 1.82) is 5.26 Å². The number of rotatable bonds is 5. The summed E-state index contributed by atoms with van der Waals surface area (Å²) in [6.45, 7) is 0.232. The third kappa shape index (κ3) is 3.39. The molecule has 5 nitrogen and oxygen atoms in total. The molecular weight excluding hydrogens is 322 g/mol. The van der Waals surface area contributed by atoms with E-state index in [1.165, 1.54) is 13.1 Å². The molecule has 0 bridgehead atoms. The second kappa shape index (κ2) is 6.79. The molecule has 0 atom stereocenters. The van der Waals surface area contributed by atoms with E-state index in [1.54, 1.807) is 36.4 Å². The van der Waals surface area contributed by atoms with E-state index < -0.39 is 10.0 Å². The smallest absolute Gasteiger partial charge is 0.240 e. The summed E-state index contributed by atoms with van der Waals surface area (Å²) in [5.74, 6) is 0. The summed E-state index contributed by atoms with van der Waals surface area (Å²) in [4.78, 5) is 0.190. The van der Waals surface area contributed by atoms with Gasteiger partial charge in [-0.15, -0.1) is 0 Å². The predicted molar refractivity (Wildman–Crippen MR) is 86.2 cm³/mol. The number of sulfonamides is 1. The van der Waals surface area contributed by atoms with Crippen LogP contribution in [0.15, 0.2) is 47.4 Å². The number of benzene rings is 2. The monoisotopic (exact) mass is 335 g/mol. The largest absolute Gasteiger partial charge is 0.379 e. The lowest BCUT2D eigenvalue weighted by Crippen LogP contribution is -2.20. The zero-order chi connectivity index (χ0) is 16.2. The molecule has 0 fully saturated rings. The van der Waals surface area contributed by atoms with Crippen LogP contribution in [-0.4, -0.2) is 15.5 Å². The van der Waals surface area contributed by atoms with E-state index in [-0.39, 0.29) is 11.4 Å². The van der Waals surface area contributed by atoms with Gasteiger partial charge < -0.3 is 5.32 Å². The molecule has 22 heavy (non-hydrogen) atoms. The first kappa shape index (κ1) is 16.3. The molecule has 2 N–H and O–H groups in total. The van der Waals surface area contributed by atoms with Crippen molar-refractivity contribution in [3.8, 4) is 6.07 Å². The summed E-state index contributed by atoms with van der Waals surface area (Å²) in [6, 6.07) is 13.7. The maximum Gasteiger partial charge on any atom is 0.240 e. The van der Waals surface area contributed by atoms with Crippen LogP contribution in [0.4, 0.5) is 5.69 Å². The number of nitrogens with zero attached hydrogens (tertiary/aromatic N) is 1. The average molecular weight is 336 g/mol. The first-order chi connectivity index (χ1) is 10.5. The normalized spacial score (nSPS) is 11.0. The number of para-hydroxylation sites is 1. The number of nitriles is 1. The van der Waals surface area contributed by atoms with Gasteiger partial charge in [-0.25, -0.2) is 13.1 Å². The molecule has 7 heteroatoms. The van der Waals surface area contributed by atoms with Crippen molar-refractivity contribution in [3.63, 3.8) is 0 Å². The fraction of sp³-hybridized carbons (Fsp3) is 0.133. The Kier molecular flexibility index (Phi) is 5.03. The third-order valence-corrected chi connectivity index (χ3v) is 4.95. The highest BCUT2D eigenvalue weighted by molar-refractivity contribution is 7.89. The number of halogens is 1. The lowest BCUT2D eigenvalue weighted by atomic mass is 10.1. The van der Waals surface area contributed by atoms with Crippen LogP contribution in [0.25, 0.3) is 0 Å². The van der Waals surface area contributed by atoms with E-state index in [0.717, 1.165) is 0 Å². The Bertz CT molecular complexity index is 829. The predicted octanol–water partition coefficient (Wildman–Crippen LogP) is 2.73. The standard InChI is InChI=1S/C15H14ClN3O2S/c1-18-22(20,21)14-8-3-2-5-12(14)10-19-15-11(9-17)6-4-7-13(15)16/h2-8,18-19H,10H2,1H3. The molecule has 0 aliphatic carbocycles. The molecular formula is C15H14ClN3O2S. The van der Waals surface area contributed by atoms with Crippen LogP contribution in [-0.2, 0) is 16.6 Å². The van der Waals surface area contributed by atoms with Crippen LogP contribution in [0, 0.1) is 11.3 Å². The van der Waals surface area contributed by atoms with Crippen LogP contribution in [0.1, 0.15) is 11.1 Å². The summed E-state index contributed by atoms with van der Waals surface area (Å²) < 4.78 is 26.3. The molecule has 2 aromatic carbocycles. The van der Waals surface area contributed by atoms with Crippen molar-refractivity contribution in [2.45, 2.75) is 11.4 Å². The number of hydrogen-bond acceptors (Lipinski definition) is 4. The zero-order valence-electron chi connectivity index (χ0n) is 11.8. The van der Waals surface area contributed by atoms with Gasteiger partial charge in [-0.05, 0) is 30.8 Å². The van der Waals surface area contributed by atoms with Crippen LogP contribution in [0.5, 0.6) is 0 Å². The molecule has 0 heterocycles. The fourth-order valence-corrected chi connectivity index (χ4v) is 3.21. The SMILES string of the molecule is CNS(=O)(=O)c1ccccc1CNc1c(Cl)cccc1C#N. The van der Waals surface area contributed by atoms with Crippen LogP contribution in [0.3, 0.4) is 0 Å². The van der Waals surface area contributed by atoms with Gasteiger partial charge in [-0.1, -0.05) is 35.9 Å². The minimum absolute atomic E-state index is 0.190. The van der Waals surface area contributed by atoms with Gasteiger partial charge in [0.2, 0.25) is 10.0 Å². The molecule has 0 spiro atoms. The lowest BCUT2D eigenvalue weighted by Gasteiger charge is -2.13. The Morgan fingerprint density at radius 2 is 1.91 bits per heavy atom. The van der Waals surface area contributed by atoms with Gasteiger partial charge in [0.1, 0.15) is 6.07 Å². The Morgan fingerprint density at radius 1 is 1.18 bits per heavy atom. The second-order valence-electron chi connectivity index (χ2n) is 4.44. The Morgan fingerprint density at radius 3 is 2.59 bits per heavy atom. The van der Waals surface area contributed by atoms with E-state index in [1.807, 2.05) is 0 Å². The maximum atomic E-state index is 12.0. The molecule has 0 amide bonds. The molecule has 0 aliphatic heterocycles. The van der Waals surface area contributed by atoms with Crippen LogP contribution < -0.4 is 10.0 Å². The van der Waals surface area contributed by atoms with Crippen molar-refractivity contribution in [3.05, 3.63) is 58.6 Å². The van der Waals surface area contributed by atoms with Gasteiger partial charge in [0, 0.05) is 6.54 Å². The van der Waals surface area contributed by atoms with Crippen LogP contribution >= 0.6 is 11.6 Å². The molecule has 2 rings (SSSR count). The zero-order valence-corrected chi connectivity index (χ0v) is 13.4. The summed E-state index contributed by atoms with van der Waals surface area (Å²) in [5, 5.41) is 12.6. The van der Waals surface area contributed by atoms with Crippen molar-refractivity contribution in [2.75, 3.05) is 12.4 Å². The van der Waals surface area contributed by atoms with E-state index in [4.69, 9.17) is 16.9 Å². The van der Waals surface area contributed by atoms with Crippen molar-refractivity contribution in [2.24, 2.45) is 0 Å². The van der Waals surface area contributed by atoms with Crippen molar-refractivity contribution in [1.82, 2.24) is 4.72 Å². The molecule has 0 aliphatic rings. The summed E-state index contributed by atoms with van der Waals surface area (Å²) in [5.41, 5.74) is 1.48. The highest BCUT2D eigenvalue weighted by atomic mass is 35.5.